The van der Waals surface area contributed by atoms with Crippen molar-refractivity contribution in [1.82, 2.24) is 0 Å². The Balaban J connectivity index is 1.84. The van der Waals surface area contributed by atoms with Crippen LogP contribution in [-0.2, 0) is 38.0 Å². The molecular weight excluding hydrogens is 925 g/mol. The van der Waals surface area contributed by atoms with Gasteiger partial charge in [-0.1, -0.05) is 150 Å². The largest absolute Gasteiger partial charge is 0.462 e. The van der Waals surface area contributed by atoms with Crippen LogP contribution in [0.15, 0.2) is 97.2 Å². The van der Waals surface area contributed by atoms with Crippen molar-refractivity contribution in [2.75, 3.05) is 26.4 Å². The van der Waals surface area contributed by atoms with Gasteiger partial charge in [-0.15, -0.1) is 0 Å². The van der Waals surface area contributed by atoms with Gasteiger partial charge in [0.1, 0.15) is 55.4 Å². The first-order valence-corrected chi connectivity index (χ1v) is 26.8. The molecule has 0 aromatic rings. The van der Waals surface area contributed by atoms with Gasteiger partial charge in [-0.2, -0.15) is 0 Å². The highest BCUT2D eigenvalue weighted by molar-refractivity contribution is 5.70. The van der Waals surface area contributed by atoms with Crippen LogP contribution in [0.5, 0.6) is 0 Å². The zero-order chi connectivity index (χ0) is 52.4. The van der Waals surface area contributed by atoms with E-state index in [1.807, 2.05) is 6.08 Å². The number of rotatable bonds is 40. The highest BCUT2D eigenvalue weighted by Gasteiger charge is 2.47. The molecule has 11 atom stereocenters. The Bertz CT molecular complexity index is 1620. The predicted molar refractivity (Wildman–Crippen MR) is 279 cm³/mol. The van der Waals surface area contributed by atoms with Crippen LogP contribution in [0.25, 0.3) is 0 Å². The summed E-state index contributed by atoms with van der Waals surface area (Å²) in [5.41, 5.74) is 0. The zero-order valence-corrected chi connectivity index (χ0v) is 43.4. The van der Waals surface area contributed by atoms with Gasteiger partial charge in [0.25, 0.3) is 0 Å². The van der Waals surface area contributed by atoms with E-state index in [0.29, 0.717) is 19.3 Å². The van der Waals surface area contributed by atoms with Gasteiger partial charge in [0.05, 0.1) is 19.8 Å². The minimum Gasteiger partial charge on any atom is -0.462 e. The molecule has 0 saturated carbocycles. The maximum absolute atomic E-state index is 13.0. The molecule has 410 valence electrons. The molecule has 0 radical (unpaired) electrons. The molecule has 2 aliphatic heterocycles. The molecule has 2 fully saturated rings. The summed E-state index contributed by atoms with van der Waals surface area (Å²) in [4.78, 5) is 25.8. The Morgan fingerprint density at radius 3 is 1.42 bits per heavy atom. The summed E-state index contributed by atoms with van der Waals surface area (Å²) in [5.74, 6) is -1.03. The highest BCUT2D eigenvalue weighted by atomic mass is 16.7. The molecular formula is C57H92O15. The molecule has 0 amide bonds. The molecule has 0 spiro atoms. The van der Waals surface area contributed by atoms with Gasteiger partial charge in [0.15, 0.2) is 18.7 Å². The first-order valence-electron chi connectivity index (χ1n) is 26.8. The number of hydrogen-bond acceptors (Lipinski definition) is 15. The average molecular weight is 1020 g/mol. The third-order valence-corrected chi connectivity index (χ3v) is 12.0. The third-order valence-electron chi connectivity index (χ3n) is 12.0. The molecule has 0 aromatic carbocycles. The van der Waals surface area contributed by atoms with Crippen molar-refractivity contribution in [3.63, 3.8) is 0 Å². The quantitative estimate of drug-likeness (QED) is 0.0174. The van der Waals surface area contributed by atoms with E-state index in [0.717, 1.165) is 70.6 Å². The van der Waals surface area contributed by atoms with E-state index in [2.05, 4.69) is 105 Å². The predicted octanol–water partition coefficient (Wildman–Crippen LogP) is 8.15. The molecule has 0 aliphatic carbocycles. The molecule has 0 bridgehead atoms. The van der Waals surface area contributed by atoms with E-state index in [9.17, 15) is 45.3 Å². The standard InChI is InChI=1S/C57H92O15/c1-3-5-7-9-11-13-15-17-19-21-22-24-26-28-30-32-34-36-38-40-49(60)70-45(42-67-48(59)39-37-35-33-31-29-27-25-23-20-18-16-14-12-10-8-6-4-2)43-68-56-55(66)53(64)51(62)47(72-56)44-69-57-54(65)52(63)50(61)46(41-58)71-57/h5,7,11,13,17-20,22,24-25,27-28,30-31,33,45-47,50-58,61-66H,3-4,6,8-10,12,14-16,21,23,26,29,32,34-44H2,1-2H3/b7-5+,13-11+,19-17+,20-18+,24-22+,27-25+,30-28+,33-31+/t45-,46+,47+,50-,51-,52?,53?,54?,55?,56+,57+/m1/s1. The minimum atomic E-state index is -1.78. The topological polar surface area (TPSA) is 231 Å². The van der Waals surface area contributed by atoms with Crippen molar-refractivity contribution >= 4 is 11.9 Å². The Kier molecular flexibility index (Phi) is 38.3. The van der Waals surface area contributed by atoms with Crippen molar-refractivity contribution < 1.29 is 73.8 Å². The molecule has 2 saturated heterocycles. The number of carbonyl (C=O) groups excluding carboxylic acids is 2. The summed E-state index contributed by atoms with van der Waals surface area (Å²) in [6.45, 7) is 2.36. The molecule has 4 unspecified atom stereocenters. The fourth-order valence-corrected chi connectivity index (χ4v) is 7.67. The Morgan fingerprint density at radius 1 is 0.458 bits per heavy atom. The highest BCUT2D eigenvalue weighted by Crippen LogP contribution is 2.26. The second-order valence-electron chi connectivity index (χ2n) is 18.3. The second-order valence-corrected chi connectivity index (χ2v) is 18.3. The zero-order valence-electron chi connectivity index (χ0n) is 43.4. The van der Waals surface area contributed by atoms with Crippen LogP contribution in [0.1, 0.15) is 155 Å². The molecule has 15 nitrogen and oxygen atoms in total. The summed E-state index contributed by atoms with van der Waals surface area (Å²) in [6, 6.07) is 0. The van der Waals surface area contributed by atoms with Gasteiger partial charge in [-0.25, -0.2) is 0 Å². The van der Waals surface area contributed by atoms with E-state index >= 15 is 0 Å². The summed E-state index contributed by atoms with van der Waals surface area (Å²) in [5, 5.41) is 72.2. The molecule has 15 heteroatoms. The molecule has 72 heavy (non-hydrogen) atoms. The molecule has 2 aliphatic rings. The van der Waals surface area contributed by atoms with Gasteiger partial charge in [0, 0.05) is 12.8 Å². The summed E-state index contributed by atoms with van der Waals surface area (Å²) >= 11 is 0. The van der Waals surface area contributed by atoms with E-state index in [-0.39, 0.29) is 19.4 Å². The molecule has 2 rings (SSSR count). The average Bonchev–Trinajstić information content (AvgIpc) is 3.37. The lowest BCUT2D eigenvalue weighted by Gasteiger charge is -2.42. The lowest BCUT2D eigenvalue weighted by atomic mass is 9.98. The Hall–Kier alpha value is -3.58. The minimum absolute atomic E-state index is 0.110. The van der Waals surface area contributed by atoms with E-state index in [1.165, 1.54) is 38.5 Å². The summed E-state index contributed by atoms with van der Waals surface area (Å²) in [6.07, 6.45) is 37.2. The smallest absolute Gasteiger partial charge is 0.306 e. The van der Waals surface area contributed by atoms with Crippen molar-refractivity contribution in [3.8, 4) is 0 Å². The van der Waals surface area contributed by atoms with E-state index in [1.54, 1.807) is 0 Å². The second kappa shape index (κ2) is 42.7. The SMILES string of the molecule is CC/C=C/C/C=C/C/C=C/C/C=C/C/C=C/CCCCCC(=O)O[C@H](COC(=O)CCC/C=C/C/C=C/C/C=C/CCCCCCCC)CO[C@H]1O[C@@H](CO[C@H]2O[C@@H](CO)[C@@H](O)C(O)C2O)[C@@H](O)C(O)C1O. The maximum Gasteiger partial charge on any atom is 0.306 e. The fourth-order valence-electron chi connectivity index (χ4n) is 7.67. The van der Waals surface area contributed by atoms with Gasteiger partial charge in [0.2, 0.25) is 0 Å². The number of hydrogen-bond donors (Lipinski definition) is 7. The molecule has 7 N–H and O–H groups in total. The molecule has 0 aromatic heterocycles. The summed E-state index contributed by atoms with van der Waals surface area (Å²) < 4.78 is 33.5. The lowest BCUT2D eigenvalue weighted by molar-refractivity contribution is -0.332. The third kappa shape index (κ3) is 30.0. The number of carbonyl (C=O) groups is 2. The van der Waals surface area contributed by atoms with Crippen molar-refractivity contribution in [3.05, 3.63) is 97.2 Å². The van der Waals surface area contributed by atoms with E-state index < -0.39 is 99.3 Å². The van der Waals surface area contributed by atoms with Gasteiger partial charge in [-0.3, -0.25) is 9.59 Å². The van der Waals surface area contributed by atoms with Crippen LogP contribution < -0.4 is 0 Å². The summed E-state index contributed by atoms with van der Waals surface area (Å²) in [7, 11) is 0. The van der Waals surface area contributed by atoms with Crippen molar-refractivity contribution in [2.24, 2.45) is 0 Å². The van der Waals surface area contributed by atoms with Crippen LogP contribution >= 0.6 is 0 Å². The van der Waals surface area contributed by atoms with Crippen LogP contribution in [0.2, 0.25) is 0 Å². The van der Waals surface area contributed by atoms with Gasteiger partial charge >= 0.3 is 11.9 Å². The number of aliphatic hydroxyl groups excluding tert-OH is 7. The number of allylic oxidation sites excluding steroid dienone is 16. The van der Waals surface area contributed by atoms with Crippen LogP contribution in [-0.4, -0.2) is 142 Å². The van der Waals surface area contributed by atoms with E-state index in [4.69, 9.17) is 28.4 Å². The van der Waals surface area contributed by atoms with Crippen molar-refractivity contribution in [1.29, 1.82) is 0 Å². The first-order chi connectivity index (χ1) is 35.0. The Labute approximate surface area is 430 Å². The number of ether oxygens (including phenoxy) is 6. The van der Waals surface area contributed by atoms with Crippen LogP contribution in [0.3, 0.4) is 0 Å². The Morgan fingerprint density at radius 2 is 0.889 bits per heavy atom. The lowest BCUT2D eigenvalue weighted by Crippen LogP contribution is -2.61. The maximum atomic E-state index is 13.0. The fraction of sp³-hybridized carbons (Fsp3) is 0.684. The first kappa shape index (κ1) is 64.5. The van der Waals surface area contributed by atoms with Gasteiger partial charge in [-0.05, 0) is 89.9 Å². The number of aliphatic hydroxyl groups is 7. The van der Waals surface area contributed by atoms with Crippen LogP contribution in [0, 0.1) is 0 Å². The number of unbranched alkanes of at least 4 members (excludes halogenated alkanes) is 10. The number of esters is 2. The normalized spacial score (nSPS) is 25.8. The molecule has 2 heterocycles. The van der Waals surface area contributed by atoms with Crippen molar-refractivity contribution in [2.45, 2.75) is 223 Å². The van der Waals surface area contributed by atoms with Crippen LogP contribution in [0.4, 0.5) is 0 Å². The van der Waals surface area contributed by atoms with Gasteiger partial charge < -0.3 is 64.2 Å². The monoisotopic (exact) mass is 1020 g/mol.